The first-order valence-corrected chi connectivity index (χ1v) is 9.53. The summed E-state index contributed by atoms with van der Waals surface area (Å²) in [6.07, 6.45) is 0.232. The average Bonchev–Trinajstić information content (AvgIpc) is 2.62. The van der Waals surface area contributed by atoms with Crippen LogP contribution in [0.1, 0.15) is 19.4 Å². The van der Waals surface area contributed by atoms with Crippen LogP contribution in [0.4, 0.5) is 16.2 Å². The number of benzene rings is 2. The van der Waals surface area contributed by atoms with E-state index in [4.69, 9.17) is 4.74 Å². The minimum atomic E-state index is -0.249. The minimum Gasteiger partial charge on any atom is -0.466 e. The van der Waals surface area contributed by atoms with Crippen LogP contribution in [-0.2, 0) is 16.0 Å². The lowest BCUT2D eigenvalue weighted by molar-refractivity contribution is -0.142. The van der Waals surface area contributed by atoms with E-state index in [0.717, 1.165) is 16.1 Å². The Balaban J connectivity index is 1.68. The second-order valence-electron chi connectivity index (χ2n) is 6.12. The van der Waals surface area contributed by atoms with E-state index in [-0.39, 0.29) is 18.4 Å². The van der Waals surface area contributed by atoms with Crippen LogP contribution in [0.25, 0.3) is 0 Å². The number of hydrogen-bond donors (Lipinski definition) is 1. The molecule has 2 aromatic carbocycles. The van der Waals surface area contributed by atoms with Gasteiger partial charge in [0.1, 0.15) is 0 Å². The summed E-state index contributed by atoms with van der Waals surface area (Å²) in [6, 6.07) is 15.1. The van der Waals surface area contributed by atoms with Crippen molar-refractivity contribution in [1.29, 1.82) is 0 Å². The largest absolute Gasteiger partial charge is 0.466 e. The van der Waals surface area contributed by atoms with Gasteiger partial charge in [0.25, 0.3) is 0 Å². The van der Waals surface area contributed by atoms with E-state index in [2.05, 4.69) is 12.2 Å². The van der Waals surface area contributed by atoms with Crippen molar-refractivity contribution in [2.45, 2.75) is 30.4 Å². The van der Waals surface area contributed by atoms with E-state index < -0.39 is 0 Å². The second kappa shape index (κ2) is 8.27. The van der Waals surface area contributed by atoms with Crippen molar-refractivity contribution in [1.82, 2.24) is 0 Å². The maximum Gasteiger partial charge on any atom is 0.326 e. The highest BCUT2D eigenvalue weighted by Crippen LogP contribution is 2.38. The molecule has 1 aliphatic heterocycles. The molecule has 1 heterocycles. The van der Waals surface area contributed by atoms with E-state index >= 15 is 0 Å². The van der Waals surface area contributed by atoms with Crippen molar-refractivity contribution in [2.75, 3.05) is 23.4 Å². The first-order valence-electron chi connectivity index (χ1n) is 8.65. The van der Waals surface area contributed by atoms with Crippen molar-refractivity contribution < 1.29 is 14.3 Å². The third kappa shape index (κ3) is 4.38. The van der Waals surface area contributed by atoms with Crippen LogP contribution < -0.4 is 10.2 Å². The Bertz CT molecular complexity index is 792. The molecule has 0 bridgehead atoms. The number of amides is 2. The summed E-state index contributed by atoms with van der Waals surface area (Å²) in [5.74, 6) is -0.249. The molecule has 0 saturated heterocycles. The van der Waals surface area contributed by atoms with E-state index in [0.29, 0.717) is 24.1 Å². The standard InChI is InChI=1S/C20H22N2O3S/c1-3-25-19(23)12-15-8-10-16(11-9-15)21-20(24)22-13-14(2)26-18-7-5-4-6-17(18)22/h4-11,14H,3,12-13H2,1-2H3,(H,21,24)/t14-/m1/s1. The Morgan fingerprint density at radius 2 is 1.92 bits per heavy atom. The molecule has 0 spiro atoms. The quantitative estimate of drug-likeness (QED) is 0.814. The molecule has 2 aromatic rings. The molecule has 5 nitrogen and oxygen atoms in total. The highest BCUT2D eigenvalue weighted by atomic mass is 32.2. The van der Waals surface area contributed by atoms with E-state index in [9.17, 15) is 9.59 Å². The van der Waals surface area contributed by atoms with Gasteiger partial charge in [0.15, 0.2) is 0 Å². The SMILES string of the molecule is CCOC(=O)Cc1ccc(NC(=O)N2C[C@@H](C)Sc3ccccc32)cc1. The van der Waals surface area contributed by atoms with E-state index in [1.807, 2.05) is 36.4 Å². The van der Waals surface area contributed by atoms with Crippen LogP contribution in [0.15, 0.2) is 53.4 Å². The number of carbonyl (C=O) groups is 2. The van der Waals surface area contributed by atoms with Crippen molar-refractivity contribution in [3.05, 3.63) is 54.1 Å². The highest BCUT2D eigenvalue weighted by molar-refractivity contribution is 8.00. The second-order valence-corrected chi connectivity index (χ2v) is 7.60. The monoisotopic (exact) mass is 370 g/mol. The van der Waals surface area contributed by atoms with Gasteiger partial charge in [-0.05, 0) is 36.8 Å². The van der Waals surface area contributed by atoms with Gasteiger partial charge in [0.2, 0.25) is 0 Å². The molecule has 26 heavy (non-hydrogen) atoms. The summed E-state index contributed by atoms with van der Waals surface area (Å²) in [5.41, 5.74) is 2.49. The lowest BCUT2D eigenvalue weighted by Crippen LogP contribution is -2.41. The third-order valence-corrected chi connectivity index (χ3v) is 5.18. The molecular weight excluding hydrogens is 348 g/mol. The Labute approximate surface area is 157 Å². The lowest BCUT2D eigenvalue weighted by Gasteiger charge is -2.32. The van der Waals surface area contributed by atoms with Gasteiger partial charge < -0.3 is 10.1 Å². The van der Waals surface area contributed by atoms with Gasteiger partial charge in [-0.1, -0.05) is 31.2 Å². The fraction of sp³-hybridized carbons (Fsp3) is 0.300. The summed E-state index contributed by atoms with van der Waals surface area (Å²) in [6.45, 7) is 4.94. The predicted octanol–water partition coefficient (Wildman–Crippen LogP) is 4.32. The van der Waals surface area contributed by atoms with Crippen molar-refractivity contribution in [2.24, 2.45) is 0 Å². The first-order chi connectivity index (χ1) is 12.6. The molecule has 1 aliphatic rings. The molecule has 0 radical (unpaired) electrons. The average molecular weight is 370 g/mol. The third-order valence-electron chi connectivity index (χ3n) is 4.03. The maximum atomic E-state index is 12.8. The number of esters is 1. The van der Waals surface area contributed by atoms with Gasteiger partial charge in [-0.3, -0.25) is 9.69 Å². The molecular formula is C20H22N2O3S. The van der Waals surface area contributed by atoms with Crippen LogP contribution in [0, 0.1) is 0 Å². The minimum absolute atomic E-state index is 0.150. The molecule has 1 N–H and O–H groups in total. The van der Waals surface area contributed by atoms with Crippen LogP contribution in [0.2, 0.25) is 0 Å². The summed E-state index contributed by atoms with van der Waals surface area (Å²) >= 11 is 1.79. The first kappa shape index (κ1) is 18.3. The van der Waals surface area contributed by atoms with Gasteiger partial charge >= 0.3 is 12.0 Å². The number of rotatable bonds is 4. The predicted molar refractivity (Wildman–Crippen MR) is 105 cm³/mol. The number of thioether (sulfide) groups is 1. The topological polar surface area (TPSA) is 58.6 Å². The van der Waals surface area contributed by atoms with Crippen LogP contribution >= 0.6 is 11.8 Å². The number of anilines is 2. The zero-order chi connectivity index (χ0) is 18.5. The molecule has 0 fully saturated rings. The molecule has 2 amide bonds. The number of para-hydroxylation sites is 1. The van der Waals surface area contributed by atoms with Crippen molar-refractivity contribution in [3.8, 4) is 0 Å². The summed E-state index contributed by atoms with van der Waals surface area (Å²) < 4.78 is 4.95. The summed E-state index contributed by atoms with van der Waals surface area (Å²) in [7, 11) is 0. The van der Waals surface area contributed by atoms with Crippen LogP contribution in [-0.4, -0.2) is 30.4 Å². The Kier molecular flexibility index (Phi) is 5.83. The lowest BCUT2D eigenvalue weighted by atomic mass is 10.1. The molecule has 0 saturated carbocycles. The van der Waals surface area contributed by atoms with Gasteiger partial charge in [0, 0.05) is 22.4 Å². The number of hydrogen-bond acceptors (Lipinski definition) is 4. The normalized spacial score (nSPS) is 15.9. The van der Waals surface area contributed by atoms with E-state index in [1.165, 1.54) is 0 Å². The number of carbonyl (C=O) groups excluding carboxylic acids is 2. The Hall–Kier alpha value is -2.47. The smallest absolute Gasteiger partial charge is 0.326 e. The molecule has 6 heteroatoms. The van der Waals surface area contributed by atoms with Gasteiger partial charge in [-0.2, -0.15) is 0 Å². The molecule has 1 atom stereocenters. The summed E-state index contributed by atoms with van der Waals surface area (Å²) in [4.78, 5) is 27.2. The molecule has 0 unspecified atom stereocenters. The fourth-order valence-corrected chi connectivity index (χ4v) is 3.97. The highest BCUT2D eigenvalue weighted by Gasteiger charge is 2.26. The number of urea groups is 1. The number of fused-ring (bicyclic) bond motifs is 1. The van der Waals surface area contributed by atoms with Crippen molar-refractivity contribution >= 4 is 35.1 Å². The fourth-order valence-electron chi connectivity index (χ4n) is 2.86. The van der Waals surface area contributed by atoms with E-state index in [1.54, 1.807) is 35.7 Å². The zero-order valence-electron chi connectivity index (χ0n) is 14.9. The molecule has 0 aliphatic carbocycles. The molecule has 3 rings (SSSR count). The number of ether oxygens (including phenoxy) is 1. The van der Waals surface area contributed by atoms with Crippen molar-refractivity contribution in [3.63, 3.8) is 0 Å². The number of nitrogens with zero attached hydrogens (tertiary/aromatic N) is 1. The van der Waals surface area contributed by atoms with Crippen LogP contribution in [0.5, 0.6) is 0 Å². The van der Waals surface area contributed by atoms with Crippen LogP contribution in [0.3, 0.4) is 0 Å². The van der Waals surface area contributed by atoms with Gasteiger partial charge in [-0.25, -0.2) is 4.79 Å². The zero-order valence-corrected chi connectivity index (χ0v) is 15.7. The summed E-state index contributed by atoms with van der Waals surface area (Å²) in [5, 5.41) is 3.28. The van der Waals surface area contributed by atoms with Gasteiger partial charge in [0.05, 0.1) is 18.7 Å². The Morgan fingerprint density at radius 3 is 2.65 bits per heavy atom. The van der Waals surface area contributed by atoms with Gasteiger partial charge in [-0.15, -0.1) is 11.8 Å². The molecule has 0 aromatic heterocycles. The Morgan fingerprint density at radius 1 is 1.19 bits per heavy atom. The number of nitrogens with one attached hydrogen (secondary N) is 1. The maximum absolute atomic E-state index is 12.8. The molecule has 136 valence electrons.